The number of carboxylic acid groups (broad SMARTS) is 1. The lowest BCUT2D eigenvalue weighted by Crippen LogP contribution is -2.37. The second-order valence-electron chi connectivity index (χ2n) is 4.32. The summed E-state index contributed by atoms with van der Waals surface area (Å²) in [4.78, 5) is 40.4. The van der Waals surface area contributed by atoms with Crippen molar-refractivity contribution in [2.45, 2.75) is 25.3 Å². The first kappa shape index (κ1) is 11.8. The molecule has 1 saturated carbocycles. The first-order valence-electron chi connectivity index (χ1n) is 5.48. The minimum absolute atomic E-state index is 0.200. The van der Waals surface area contributed by atoms with Gasteiger partial charge in [-0.25, -0.2) is 24.2 Å². The number of carboxylic acids is 1. The summed E-state index contributed by atoms with van der Waals surface area (Å²) in [5.74, 6) is -3.46. The molecule has 0 aromatic rings. The fourth-order valence-electron chi connectivity index (χ4n) is 2.61. The molecule has 2 rings (SSSR count). The number of carbonyl (C=O) groups excluding carboxylic acids is 2. The van der Waals surface area contributed by atoms with Gasteiger partial charge in [0.25, 0.3) is 0 Å². The number of aliphatic carboxylic acids is 1. The predicted molar refractivity (Wildman–Crippen MR) is 52.4 cm³/mol. The molecule has 1 saturated heterocycles. The molecule has 1 aliphatic heterocycles. The van der Waals surface area contributed by atoms with Crippen molar-refractivity contribution < 1.29 is 29.3 Å². The Morgan fingerprint density at radius 3 is 2.65 bits per heavy atom. The molecule has 3 unspecified atom stereocenters. The van der Waals surface area contributed by atoms with E-state index in [2.05, 4.69) is 15.1 Å². The molecule has 94 valence electrons. The van der Waals surface area contributed by atoms with Crippen LogP contribution < -0.4 is 5.32 Å². The Kier molecular flexibility index (Phi) is 3.28. The van der Waals surface area contributed by atoms with E-state index in [4.69, 9.17) is 5.11 Å². The molecule has 17 heavy (non-hydrogen) atoms. The minimum Gasteiger partial charge on any atom is -0.473 e. The van der Waals surface area contributed by atoms with Gasteiger partial charge in [0, 0.05) is 0 Å². The summed E-state index contributed by atoms with van der Waals surface area (Å²) in [5.41, 5.74) is 0. The number of hydrogen-bond donors (Lipinski definition) is 2. The Morgan fingerprint density at radius 2 is 1.94 bits per heavy atom. The summed E-state index contributed by atoms with van der Waals surface area (Å²) < 4.78 is 0. The Hall–Kier alpha value is -1.63. The fraction of sp³-hybridized carbons (Fsp3) is 0.700. The van der Waals surface area contributed by atoms with Gasteiger partial charge in [0.2, 0.25) is 0 Å². The minimum atomic E-state index is -1.80. The van der Waals surface area contributed by atoms with Crippen molar-refractivity contribution in [1.29, 1.82) is 0 Å². The highest BCUT2D eigenvalue weighted by atomic mass is 17.2. The van der Waals surface area contributed by atoms with Crippen molar-refractivity contribution in [2.24, 2.45) is 11.8 Å². The van der Waals surface area contributed by atoms with Gasteiger partial charge >= 0.3 is 17.9 Å². The molecule has 0 aromatic carbocycles. The van der Waals surface area contributed by atoms with Crippen LogP contribution in [0.15, 0.2) is 0 Å². The Morgan fingerprint density at radius 1 is 1.18 bits per heavy atom. The monoisotopic (exact) mass is 243 g/mol. The number of fused-ring (bicyclic) bond motifs is 1. The lowest BCUT2D eigenvalue weighted by molar-refractivity contribution is -0.260. The van der Waals surface area contributed by atoms with Gasteiger partial charge in [0.15, 0.2) is 0 Å². The number of nitrogens with one attached hydrogen (secondary N) is 1. The van der Waals surface area contributed by atoms with Crippen LogP contribution in [-0.4, -0.2) is 35.6 Å². The molecule has 1 aliphatic carbocycles. The molecule has 0 radical (unpaired) electrons. The summed E-state index contributed by atoms with van der Waals surface area (Å²) >= 11 is 0. The largest absolute Gasteiger partial charge is 0.473 e. The van der Waals surface area contributed by atoms with E-state index >= 15 is 0 Å². The standard InChI is InChI=1S/C10H13NO6/c12-8(13)10(15)17-16-9(14)7-6-3-1-2-5(6)4-11-7/h5-7,11H,1-4H2,(H,12,13). The van der Waals surface area contributed by atoms with Gasteiger partial charge in [-0.05, 0) is 31.2 Å². The highest BCUT2D eigenvalue weighted by Crippen LogP contribution is 2.37. The SMILES string of the molecule is O=C(O)C(=O)OOC(=O)C1NCC2CCCC21. The molecule has 0 bridgehead atoms. The summed E-state index contributed by atoms with van der Waals surface area (Å²) in [6, 6.07) is -0.496. The first-order valence-corrected chi connectivity index (χ1v) is 5.48. The number of carbonyl (C=O) groups is 3. The summed E-state index contributed by atoms with van der Waals surface area (Å²) in [7, 11) is 0. The molecule has 0 aromatic heterocycles. The molecule has 7 heteroatoms. The van der Waals surface area contributed by atoms with E-state index in [-0.39, 0.29) is 5.92 Å². The van der Waals surface area contributed by atoms with Crippen LogP contribution in [-0.2, 0) is 24.2 Å². The zero-order valence-electron chi connectivity index (χ0n) is 9.05. The van der Waals surface area contributed by atoms with Gasteiger partial charge in [0.05, 0.1) is 0 Å². The van der Waals surface area contributed by atoms with Gasteiger partial charge in [-0.2, -0.15) is 0 Å². The summed E-state index contributed by atoms with van der Waals surface area (Å²) in [6.07, 6.45) is 3.09. The zero-order valence-corrected chi connectivity index (χ0v) is 9.05. The molecular formula is C10H13NO6. The van der Waals surface area contributed by atoms with Crippen LogP contribution in [0.2, 0.25) is 0 Å². The van der Waals surface area contributed by atoms with Crippen LogP contribution in [0.3, 0.4) is 0 Å². The van der Waals surface area contributed by atoms with Gasteiger partial charge in [-0.15, -0.1) is 0 Å². The molecule has 3 atom stereocenters. The molecule has 2 aliphatic rings. The van der Waals surface area contributed by atoms with Crippen molar-refractivity contribution in [1.82, 2.24) is 5.32 Å². The van der Waals surface area contributed by atoms with Gasteiger partial charge in [-0.3, -0.25) is 0 Å². The molecular weight excluding hydrogens is 230 g/mol. The summed E-state index contributed by atoms with van der Waals surface area (Å²) in [6.45, 7) is 0.747. The second-order valence-corrected chi connectivity index (χ2v) is 4.32. The van der Waals surface area contributed by atoms with Gasteiger partial charge in [-0.1, -0.05) is 6.42 Å². The van der Waals surface area contributed by atoms with Crippen molar-refractivity contribution in [3.8, 4) is 0 Å². The third kappa shape index (κ3) is 2.38. The topological polar surface area (TPSA) is 102 Å². The third-order valence-electron chi connectivity index (χ3n) is 3.37. The quantitative estimate of drug-likeness (QED) is 0.362. The zero-order chi connectivity index (χ0) is 12.4. The van der Waals surface area contributed by atoms with Crippen LogP contribution in [0.1, 0.15) is 19.3 Å². The molecule has 0 spiro atoms. The maximum Gasteiger partial charge on any atom is 0.462 e. The number of hydrogen-bond acceptors (Lipinski definition) is 6. The van der Waals surface area contributed by atoms with Crippen LogP contribution in [0.4, 0.5) is 0 Å². The molecule has 7 nitrogen and oxygen atoms in total. The third-order valence-corrected chi connectivity index (χ3v) is 3.37. The van der Waals surface area contributed by atoms with Crippen molar-refractivity contribution >= 4 is 17.9 Å². The lowest BCUT2D eigenvalue weighted by Gasteiger charge is -2.14. The van der Waals surface area contributed by atoms with Crippen LogP contribution in [0.25, 0.3) is 0 Å². The molecule has 1 heterocycles. The van der Waals surface area contributed by atoms with Crippen molar-refractivity contribution in [3.63, 3.8) is 0 Å². The molecule has 0 amide bonds. The van der Waals surface area contributed by atoms with Crippen molar-refractivity contribution in [3.05, 3.63) is 0 Å². The maximum absolute atomic E-state index is 11.6. The highest BCUT2D eigenvalue weighted by Gasteiger charge is 2.44. The normalized spacial score (nSPS) is 30.7. The highest BCUT2D eigenvalue weighted by molar-refractivity contribution is 6.28. The smallest absolute Gasteiger partial charge is 0.462 e. The lowest BCUT2D eigenvalue weighted by atomic mass is 9.94. The van der Waals surface area contributed by atoms with E-state index in [1.807, 2.05) is 0 Å². The first-order chi connectivity index (χ1) is 8.09. The Bertz CT molecular complexity index is 355. The van der Waals surface area contributed by atoms with Crippen molar-refractivity contribution in [2.75, 3.05) is 6.54 Å². The molecule has 2 fully saturated rings. The van der Waals surface area contributed by atoms with Crippen LogP contribution in [0.5, 0.6) is 0 Å². The van der Waals surface area contributed by atoms with E-state index in [1.54, 1.807) is 0 Å². The van der Waals surface area contributed by atoms with Crippen LogP contribution in [0, 0.1) is 11.8 Å². The van der Waals surface area contributed by atoms with Gasteiger partial charge < -0.3 is 10.4 Å². The maximum atomic E-state index is 11.6. The van der Waals surface area contributed by atoms with Crippen LogP contribution >= 0.6 is 0 Å². The second kappa shape index (κ2) is 4.70. The van der Waals surface area contributed by atoms with E-state index in [0.717, 1.165) is 25.8 Å². The predicted octanol–water partition coefficient (Wildman–Crippen LogP) is -0.540. The Labute approximate surface area is 97.0 Å². The Balaban J connectivity index is 1.84. The number of rotatable bonds is 1. The fourth-order valence-corrected chi connectivity index (χ4v) is 2.61. The molecule has 2 N–H and O–H groups in total. The van der Waals surface area contributed by atoms with Gasteiger partial charge in [0.1, 0.15) is 6.04 Å². The van der Waals surface area contributed by atoms with E-state index in [9.17, 15) is 14.4 Å². The van der Waals surface area contributed by atoms with E-state index < -0.39 is 23.9 Å². The summed E-state index contributed by atoms with van der Waals surface area (Å²) in [5, 5.41) is 11.2. The average Bonchev–Trinajstić information content (AvgIpc) is 2.86. The average molecular weight is 243 g/mol. The van der Waals surface area contributed by atoms with E-state index in [0.29, 0.717) is 5.92 Å². The van der Waals surface area contributed by atoms with E-state index in [1.165, 1.54) is 0 Å².